The Kier molecular flexibility index (Phi) is 7.26. The maximum Gasteiger partial charge on any atom is 0.245 e. The van der Waals surface area contributed by atoms with Gasteiger partial charge in [0.2, 0.25) is 5.91 Å². The molecule has 0 aliphatic carbocycles. The summed E-state index contributed by atoms with van der Waals surface area (Å²) in [7, 11) is 0. The first kappa shape index (κ1) is 22.5. The molecule has 0 N–H and O–H groups in total. The van der Waals surface area contributed by atoms with Crippen LogP contribution in [0.4, 0.5) is 11.4 Å². The number of fused-ring (bicyclic) bond motifs is 2. The van der Waals surface area contributed by atoms with Crippen LogP contribution in [0.15, 0.2) is 78.9 Å². The van der Waals surface area contributed by atoms with Crippen molar-refractivity contribution in [3.8, 4) is 0 Å². The van der Waals surface area contributed by atoms with E-state index in [0.29, 0.717) is 6.54 Å². The molecule has 5 rings (SSSR count). The lowest BCUT2D eigenvalue weighted by atomic mass is 10.0. The van der Waals surface area contributed by atoms with Gasteiger partial charge in [-0.3, -0.25) is 19.5 Å². The average molecular weight is 448 g/mol. The van der Waals surface area contributed by atoms with E-state index in [-0.39, 0.29) is 18.3 Å². The fourth-order valence-corrected chi connectivity index (χ4v) is 4.76. The predicted molar refractivity (Wildman–Crippen MR) is 133 cm³/mol. The van der Waals surface area contributed by atoms with Crippen molar-refractivity contribution in [1.82, 2.24) is 9.80 Å². The third kappa shape index (κ3) is 4.88. The second-order valence-electron chi connectivity index (χ2n) is 8.52. The van der Waals surface area contributed by atoms with E-state index in [2.05, 4.69) is 76.5 Å². The minimum Gasteiger partial charge on any atom is -0.297 e. The number of carbonyl (C=O) groups excluding carboxylic acids is 1. The summed E-state index contributed by atoms with van der Waals surface area (Å²) < 4.78 is 0. The van der Waals surface area contributed by atoms with Crippen molar-refractivity contribution in [3.05, 3.63) is 95.6 Å². The molecule has 0 spiro atoms. The van der Waals surface area contributed by atoms with Gasteiger partial charge in [0.15, 0.2) is 0 Å². The molecule has 1 saturated heterocycles. The highest BCUT2D eigenvalue weighted by Crippen LogP contribution is 2.36. The molecule has 166 valence electrons. The first-order valence-corrected chi connectivity index (χ1v) is 11.3. The highest BCUT2D eigenvalue weighted by atomic mass is 35.5. The summed E-state index contributed by atoms with van der Waals surface area (Å²) >= 11 is 0. The van der Waals surface area contributed by atoms with E-state index in [4.69, 9.17) is 0 Å². The lowest BCUT2D eigenvalue weighted by molar-refractivity contribution is -0.119. The number of nitrogens with zero attached hydrogens (tertiary/aromatic N) is 3. The van der Waals surface area contributed by atoms with Crippen LogP contribution in [0.5, 0.6) is 0 Å². The first-order valence-electron chi connectivity index (χ1n) is 11.3. The lowest BCUT2D eigenvalue weighted by Gasteiger charge is -2.35. The van der Waals surface area contributed by atoms with Crippen molar-refractivity contribution in [1.29, 1.82) is 0 Å². The van der Waals surface area contributed by atoms with E-state index in [1.54, 1.807) is 0 Å². The number of aryl methyl sites for hydroxylation is 2. The van der Waals surface area contributed by atoms with Gasteiger partial charge in [-0.15, -0.1) is 12.4 Å². The van der Waals surface area contributed by atoms with Crippen LogP contribution in [0.3, 0.4) is 0 Å². The quantitative estimate of drug-likeness (QED) is 0.580. The molecular weight excluding hydrogens is 418 g/mol. The van der Waals surface area contributed by atoms with E-state index in [1.165, 1.54) is 16.7 Å². The minimum absolute atomic E-state index is 0. The normalized spacial score (nSPS) is 16.4. The molecule has 2 aliphatic heterocycles. The van der Waals surface area contributed by atoms with Gasteiger partial charge in [-0.05, 0) is 41.7 Å². The fourth-order valence-electron chi connectivity index (χ4n) is 4.76. The number of hydrogen-bond acceptors (Lipinski definition) is 3. The summed E-state index contributed by atoms with van der Waals surface area (Å²) in [6, 6.07) is 27.3. The Morgan fingerprint density at radius 3 is 1.75 bits per heavy atom. The molecule has 0 saturated carbocycles. The van der Waals surface area contributed by atoms with Gasteiger partial charge in [-0.2, -0.15) is 0 Å². The lowest BCUT2D eigenvalue weighted by Crippen LogP contribution is -2.49. The van der Waals surface area contributed by atoms with Gasteiger partial charge in [0, 0.05) is 32.7 Å². The first-order chi connectivity index (χ1) is 15.3. The van der Waals surface area contributed by atoms with Gasteiger partial charge >= 0.3 is 0 Å². The monoisotopic (exact) mass is 447 g/mol. The van der Waals surface area contributed by atoms with Crippen molar-refractivity contribution in [2.45, 2.75) is 19.4 Å². The van der Waals surface area contributed by atoms with E-state index >= 15 is 0 Å². The van der Waals surface area contributed by atoms with Crippen LogP contribution in [0, 0.1) is 0 Å². The summed E-state index contributed by atoms with van der Waals surface area (Å²) in [5, 5.41) is 0. The van der Waals surface area contributed by atoms with Crippen LogP contribution >= 0.6 is 12.4 Å². The number of hydrogen-bond donors (Lipinski definition) is 0. The van der Waals surface area contributed by atoms with Gasteiger partial charge < -0.3 is 0 Å². The van der Waals surface area contributed by atoms with Crippen LogP contribution in [0.25, 0.3) is 0 Å². The number of rotatable bonds is 4. The molecule has 2 heterocycles. The SMILES string of the molecule is Cl.O=C(CN1CCN(Cc2ccccc2)CC1)N1c2ccccc2CCc2ccccc21. The molecule has 3 aromatic rings. The zero-order valence-electron chi connectivity index (χ0n) is 18.3. The van der Waals surface area contributed by atoms with Crippen LogP contribution < -0.4 is 4.90 Å². The third-order valence-corrected chi connectivity index (χ3v) is 6.45. The standard InChI is InChI=1S/C27H29N3O.ClH/c31-27(21-29-18-16-28(17-19-29)20-22-8-2-1-3-9-22)30-25-12-6-4-10-23(25)14-15-24-11-5-7-13-26(24)30;/h1-13H,14-21H2;1H. The number of carbonyl (C=O) groups is 1. The van der Waals surface area contributed by atoms with E-state index < -0.39 is 0 Å². The Balaban J connectivity index is 0.00000245. The molecule has 0 bridgehead atoms. The summed E-state index contributed by atoms with van der Waals surface area (Å²) in [6.07, 6.45) is 1.93. The van der Waals surface area contributed by atoms with E-state index in [9.17, 15) is 4.79 Å². The Hall–Kier alpha value is -2.66. The zero-order chi connectivity index (χ0) is 21.0. The molecule has 1 amide bonds. The van der Waals surface area contributed by atoms with Gasteiger partial charge in [-0.1, -0.05) is 66.7 Å². The Bertz CT molecular complexity index is 1000. The Morgan fingerprint density at radius 2 is 1.16 bits per heavy atom. The zero-order valence-corrected chi connectivity index (χ0v) is 19.1. The molecule has 3 aromatic carbocycles. The van der Waals surface area contributed by atoms with Gasteiger partial charge in [0.25, 0.3) is 0 Å². The van der Waals surface area contributed by atoms with Crippen molar-refractivity contribution in [3.63, 3.8) is 0 Å². The number of para-hydroxylation sites is 2. The summed E-state index contributed by atoms with van der Waals surface area (Å²) in [4.78, 5) is 20.3. The average Bonchev–Trinajstić information content (AvgIpc) is 2.98. The van der Waals surface area contributed by atoms with E-state index in [1.807, 2.05) is 17.0 Å². The number of halogens is 1. The smallest absolute Gasteiger partial charge is 0.245 e. The van der Waals surface area contributed by atoms with Crippen molar-refractivity contribution in [2.75, 3.05) is 37.6 Å². The topological polar surface area (TPSA) is 26.8 Å². The van der Waals surface area contributed by atoms with Gasteiger partial charge in [0.05, 0.1) is 17.9 Å². The third-order valence-electron chi connectivity index (χ3n) is 6.45. The maximum absolute atomic E-state index is 13.6. The summed E-state index contributed by atoms with van der Waals surface area (Å²) in [5.74, 6) is 0.165. The van der Waals surface area contributed by atoms with Crippen LogP contribution in [-0.4, -0.2) is 48.4 Å². The number of piperazine rings is 1. The van der Waals surface area contributed by atoms with Crippen LogP contribution in [0.1, 0.15) is 16.7 Å². The Labute approximate surface area is 196 Å². The summed E-state index contributed by atoms with van der Waals surface area (Å²) in [5.41, 5.74) is 5.93. The Morgan fingerprint density at radius 1 is 0.656 bits per heavy atom. The maximum atomic E-state index is 13.6. The predicted octanol–water partition coefficient (Wildman–Crippen LogP) is 4.69. The molecule has 0 unspecified atom stereocenters. The molecule has 0 radical (unpaired) electrons. The molecular formula is C27H30ClN3O. The molecule has 4 nitrogen and oxygen atoms in total. The highest BCUT2D eigenvalue weighted by molar-refractivity contribution is 6.03. The molecule has 0 aromatic heterocycles. The fraction of sp³-hybridized carbons (Fsp3) is 0.296. The molecule has 2 aliphatic rings. The second kappa shape index (κ2) is 10.3. The van der Waals surface area contributed by atoms with Crippen LogP contribution in [0.2, 0.25) is 0 Å². The largest absolute Gasteiger partial charge is 0.297 e. The van der Waals surface area contributed by atoms with Crippen molar-refractivity contribution < 1.29 is 4.79 Å². The highest BCUT2D eigenvalue weighted by Gasteiger charge is 2.28. The number of amides is 1. The van der Waals surface area contributed by atoms with Gasteiger partial charge in [0.1, 0.15) is 0 Å². The molecule has 1 fully saturated rings. The minimum atomic E-state index is 0. The van der Waals surface area contributed by atoms with Crippen molar-refractivity contribution >= 4 is 29.7 Å². The summed E-state index contributed by atoms with van der Waals surface area (Å²) in [6.45, 7) is 5.29. The second-order valence-corrected chi connectivity index (χ2v) is 8.52. The van der Waals surface area contributed by atoms with Crippen LogP contribution in [-0.2, 0) is 24.2 Å². The molecule has 0 atom stereocenters. The van der Waals surface area contributed by atoms with Crippen molar-refractivity contribution in [2.24, 2.45) is 0 Å². The molecule has 32 heavy (non-hydrogen) atoms. The molecule has 5 heteroatoms. The van der Waals surface area contributed by atoms with Gasteiger partial charge in [-0.25, -0.2) is 0 Å². The number of benzene rings is 3. The van der Waals surface area contributed by atoms with E-state index in [0.717, 1.165) is 56.9 Å². The number of anilines is 2.